The molecule has 5 aromatic rings. The van der Waals surface area contributed by atoms with Crippen LogP contribution in [0.3, 0.4) is 0 Å². The third kappa shape index (κ3) is 3.85. The van der Waals surface area contributed by atoms with Crippen LogP contribution in [-0.2, 0) is 32.0 Å². The van der Waals surface area contributed by atoms with Gasteiger partial charge in [0.05, 0.1) is 30.4 Å². The Morgan fingerprint density at radius 2 is 1.92 bits per heavy atom. The number of amides is 1. The molecule has 1 amide bonds. The van der Waals surface area contributed by atoms with Crippen molar-refractivity contribution < 1.29 is 9.53 Å². The number of methoxy groups -OCH3 is 1. The summed E-state index contributed by atoms with van der Waals surface area (Å²) in [7, 11) is 4.51. The van der Waals surface area contributed by atoms with Gasteiger partial charge in [-0.1, -0.05) is 23.5 Å². The lowest BCUT2D eigenvalue weighted by atomic mass is 10.2. The van der Waals surface area contributed by atoms with Crippen molar-refractivity contribution in [1.29, 1.82) is 0 Å². The van der Waals surface area contributed by atoms with Gasteiger partial charge in [-0.2, -0.15) is 0 Å². The van der Waals surface area contributed by atoms with Gasteiger partial charge < -0.3 is 9.30 Å². The summed E-state index contributed by atoms with van der Waals surface area (Å²) in [6, 6.07) is 9.29. The molecule has 5 rings (SSSR count). The number of benzene rings is 1. The average molecular weight is 506 g/mol. The fourth-order valence-corrected chi connectivity index (χ4v) is 5.11. The van der Waals surface area contributed by atoms with Crippen LogP contribution in [0, 0.1) is 6.92 Å². The molecule has 0 fully saturated rings. The van der Waals surface area contributed by atoms with Gasteiger partial charge in [0, 0.05) is 20.3 Å². The molecule has 1 aromatic carbocycles. The predicted octanol–water partition coefficient (Wildman–Crippen LogP) is 1.99. The molecule has 0 bridgehead atoms. The molecular weight excluding hydrogens is 482 g/mol. The van der Waals surface area contributed by atoms with E-state index in [4.69, 9.17) is 9.72 Å². The van der Waals surface area contributed by atoms with Crippen molar-refractivity contribution in [3.05, 3.63) is 75.0 Å². The van der Waals surface area contributed by atoms with Gasteiger partial charge in [0.2, 0.25) is 5.91 Å². The maximum atomic E-state index is 13.7. The molecule has 12 heteroatoms. The Balaban J connectivity index is 1.60. The molecular formula is C24H23N7O4S. The lowest BCUT2D eigenvalue weighted by molar-refractivity contribution is -0.119. The number of thiazole rings is 1. The molecule has 11 nitrogen and oxygen atoms in total. The molecule has 36 heavy (non-hydrogen) atoms. The van der Waals surface area contributed by atoms with Crippen LogP contribution in [-0.4, -0.2) is 41.7 Å². The molecule has 0 radical (unpaired) electrons. The highest BCUT2D eigenvalue weighted by atomic mass is 32.1. The first-order valence-corrected chi connectivity index (χ1v) is 11.9. The number of aromatic nitrogens is 6. The Morgan fingerprint density at radius 3 is 2.64 bits per heavy atom. The molecule has 0 aliphatic heterocycles. The molecule has 0 aliphatic rings. The number of carbonyl (C=O) groups is 1. The zero-order valence-electron chi connectivity index (χ0n) is 20.1. The summed E-state index contributed by atoms with van der Waals surface area (Å²) in [6.07, 6.45) is 3.06. The number of hydrogen-bond acceptors (Lipinski definition) is 8. The van der Waals surface area contributed by atoms with E-state index in [9.17, 15) is 14.4 Å². The minimum atomic E-state index is -0.518. The number of fused-ring (bicyclic) bond motifs is 2. The second kappa shape index (κ2) is 9.04. The highest BCUT2D eigenvalue weighted by Gasteiger charge is 2.24. The van der Waals surface area contributed by atoms with Gasteiger partial charge >= 0.3 is 5.69 Å². The summed E-state index contributed by atoms with van der Waals surface area (Å²) in [5.41, 5.74) is 1.76. The van der Waals surface area contributed by atoms with Crippen LogP contribution in [0.5, 0.6) is 5.75 Å². The predicted molar refractivity (Wildman–Crippen MR) is 137 cm³/mol. The van der Waals surface area contributed by atoms with Crippen LogP contribution in [0.15, 0.2) is 52.4 Å². The van der Waals surface area contributed by atoms with E-state index < -0.39 is 11.2 Å². The Morgan fingerprint density at radius 1 is 1.11 bits per heavy atom. The van der Waals surface area contributed by atoms with Gasteiger partial charge in [0.25, 0.3) is 5.56 Å². The molecule has 4 heterocycles. The smallest absolute Gasteiger partial charge is 0.332 e. The van der Waals surface area contributed by atoms with Crippen molar-refractivity contribution in [2.45, 2.75) is 20.0 Å². The summed E-state index contributed by atoms with van der Waals surface area (Å²) in [4.78, 5) is 53.7. The first-order chi connectivity index (χ1) is 17.3. The molecule has 184 valence electrons. The van der Waals surface area contributed by atoms with Crippen LogP contribution in [0.1, 0.15) is 11.3 Å². The molecule has 0 atom stereocenters. The third-order valence-corrected chi connectivity index (χ3v) is 7.23. The van der Waals surface area contributed by atoms with E-state index in [-0.39, 0.29) is 30.2 Å². The third-order valence-electron chi connectivity index (χ3n) is 6.01. The highest BCUT2D eigenvalue weighted by molar-refractivity contribution is 7.22. The normalized spacial score (nSPS) is 11.3. The minimum absolute atomic E-state index is 0.174. The summed E-state index contributed by atoms with van der Waals surface area (Å²) in [5.74, 6) is 0.305. The lowest BCUT2D eigenvalue weighted by Gasteiger charge is -2.20. The van der Waals surface area contributed by atoms with Crippen molar-refractivity contribution in [3.8, 4) is 5.75 Å². The standard InChI is InChI=1S/C24H23N7O4S/c1-14-8-9-16(35-4)18-20(14)36-23(27-18)31(11-15-7-5-6-10-25-15)17(32)12-30-13-26-21-19(30)22(33)29(3)24(34)28(21)2/h5-10,13H,11-12H2,1-4H3. The fourth-order valence-electron chi connectivity index (χ4n) is 4.04. The maximum absolute atomic E-state index is 13.7. The van der Waals surface area contributed by atoms with Crippen LogP contribution in [0.2, 0.25) is 0 Å². The molecule has 0 unspecified atom stereocenters. The van der Waals surface area contributed by atoms with Crippen molar-refractivity contribution in [3.63, 3.8) is 0 Å². The Hall–Kier alpha value is -4.32. The van der Waals surface area contributed by atoms with Gasteiger partial charge in [-0.3, -0.25) is 28.6 Å². The van der Waals surface area contributed by atoms with Crippen LogP contribution >= 0.6 is 11.3 Å². The van der Waals surface area contributed by atoms with E-state index in [1.165, 1.54) is 40.9 Å². The number of aryl methyl sites for hydroxylation is 2. The number of hydrogen-bond donors (Lipinski definition) is 0. The Labute approximate surface area is 208 Å². The fraction of sp³-hybridized carbons (Fsp3) is 0.250. The van der Waals surface area contributed by atoms with E-state index in [1.807, 2.05) is 31.2 Å². The summed E-state index contributed by atoms with van der Waals surface area (Å²) in [6.45, 7) is 1.99. The highest BCUT2D eigenvalue weighted by Crippen LogP contribution is 2.37. The summed E-state index contributed by atoms with van der Waals surface area (Å²) >= 11 is 1.39. The summed E-state index contributed by atoms with van der Waals surface area (Å²) < 4.78 is 10.1. The first kappa shape index (κ1) is 23.4. The van der Waals surface area contributed by atoms with E-state index in [1.54, 1.807) is 24.3 Å². The van der Waals surface area contributed by atoms with Gasteiger partial charge in [0.1, 0.15) is 17.8 Å². The zero-order chi connectivity index (χ0) is 25.6. The van der Waals surface area contributed by atoms with E-state index in [0.717, 1.165) is 14.8 Å². The number of nitrogens with zero attached hydrogens (tertiary/aromatic N) is 7. The molecule has 0 saturated carbocycles. The quantitative estimate of drug-likeness (QED) is 0.346. The second-order valence-corrected chi connectivity index (χ2v) is 9.29. The van der Waals surface area contributed by atoms with E-state index in [0.29, 0.717) is 22.1 Å². The number of rotatable bonds is 6. The number of pyridine rings is 1. The lowest BCUT2D eigenvalue weighted by Crippen LogP contribution is -2.38. The number of anilines is 1. The number of ether oxygens (including phenoxy) is 1. The largest absolute Gasteiger partial charge is 0.494 e. The summed E-state index contributed by atoms with van der Waals surface area (Å²) in [5, 5.41) is 0.484. The van der Waals surface area contributed by atoms with E-state index >= 15 is 0 Å². The van der Waals surface area contributed by atoms with Crippen molar-refractivity contribution >= 4 is 43.8 Å². The van der Waals surface area contributed by atoms with Crippen LogP contribution in [0.25, 0.3) is 21.4 Å². The van der Waals surface area contributed by atoms with Crippen LogP contribution < -0.4 is 20.9 Å². The van der Waals surface area contributed by atoms with Gasteiger partial charge in [0.15, 0.2) is 16.3 Å². The Bertz CT molecular complexity index is 1730. The number of carbonyl (C=O) groups excluding carboxylic acids is 1. The molecule has 0 aliphatic carbocycles. The van der Waals surface area contributed by atoms with Crippen molar-refractivity contribution in [2.75, 3.05) is 12.0 Å². The number of imidazole rings is 1. The molecule has 0 saturated heterocycles. The van der Waals surface area contributed by atoms with Crippen LogP contribution in [0.4, 0.5) is 5.13 Å². The monoisotopic (exact) mass is 505 g/mol. The van der Waals surface area contributed by atoms with Gasteiger partial charge in [-0.15, -0.1) is 0 Å². The molecule has 4 aromatic heterocycles. The molecule has 0 spiro atoms. The van der Waals surface area contributed by atoms with E-state index in [2.05, 4.69) is 9.97 Å². The van der Waals surface area contributed by atoms with Gasteiger partial charge in [-0.25, -0.2) is 14.8 Å². The second-order valence-electron chi connectivity index (χ2n) is 8.31. The van der Waals surface area contributed by atoms with Crippen molar-refractivity contribution in [1.82, 2.24) is 28.7 Å². The Kier molecular flexibility index (Phi) is 5.88. The minimum Gasteiger partial charge on any atom is -0.494 e. The van der Waals surface area contributed by atoms with Gasteiger partial charge in [-0.05, 0) is 30.7 Å². The first-order valence-electron chi connectivity index (χ1n) is 11.1. The maximum Gasteiger partial charge on any atom is 0.332 e. The topological polar surface area (TPSA) is 117 Å². The molecule has 0 N–H and O–H groups in total. The SMILES string of the molecule is COc1ccc(C)c2sc(N(Cc3ccccn3)C(=O)Cn3cnc4c3c(=O)n(C)c(=O)n4C)nc12. The zero-order valence-corrected chi connectivity index (χ0v) is 20.9. The average Bonchev–Trinajstić information content (AvgIpc) is 3.51. The van der Waals surface area contributed by atoms with Crippen molar-refractivity contribution in [2.24, 2.45) is 14.1 Å².